The maximum atomic E-state index is 13.5. The number of piperidine rings is 1. The summed E-state index contributed by atoms with van der Waals surface area (Å²) < 4.78 is 87.1. The maximum absolute atomic E-state index is 13.5. The van der Waals surface area contributed by atoms with Crippen molar-refractivity contribution in [3.05, 3.63) is 24.0 Å². The van der Waals surface area contributed by atoms with Crippen LogP contribution in [0.1, 0.15) is 19.3 Å². The van der Waals surface area contributed by atoms with Crippen molar-refractivity contribution in [3.8, 4) is 0 Å². The van der Waals surface area contributed by atoms with Gasteiger partial charge in [0.05, 0.1) is 25.0 Å². The van der Waals surface area contributed by atoms with Crippen LogP contribution in [0.2, 0.25) is 0 Å². The Balaban J connectivity index is 1.69. The minimum absolute atomic E-state index is 0.0371. The Hall–Kier alpha value is -1.39. The van der Waals surface area contributed by atoms with Gasteiger partial charge < -0.3 is 14.4 Å². The van der Waals surface area contributed by atoms with Crippen LogP contribution in [0.5, 0.6) is 0 Å². The zero-order chi connectivity index (χ0) is 19.7. The first-order chi connectivity index (χ1) is 12.7. The number of halogens is 4. The fraction of sp³-hybridized carbons (Fsp3) is 0.647. The van der Waals surface area contributed by atoms with Gasteiger partial charge >= 0.3 is 5.51 Å². The summed E-state index contributed by atoms with van der Waals surface area (Å²) in [5, 5.41) is 0. The van der Waals surface area contributed by atoms with Gasteiger partial charge in [0.2, 0.25) is 0 Å². The molecule has 0 bridgehead atoms. The Morgan fingerprint density at radius 1 is 1.19 bits per heavy atom. The fourth-order valence-corrected chi connectivity index (χ4v) is 4.33. The summed E-state index contributed by atoms with van der Waals surface area (Å²) in [7, 11) is -5.64. The van der Waals surface area contributed by atoms with E-state index in [4.69, 9.17) is 9.47 Å². The third-order valence-corrected chi connectivity index (χ3v) is 6.41. The number of sulfone groups is 1. The van der Waals surface area contributed by atoms with Gasteiger partial charge in [-0.05, 0) is 37.5 Å². The molecule has 2 aliphatic heterocycles. The van der Waals surface area contributed by atoms with E-state index in [2.05, 4.69) is 0 Å². The third kappa shape index (κ3) is 4.55. The number of rotatable bonds is 5. The number of ether oxygens (including phenoxy) is 2. The van der Waals surface area contributed by atoms with E-state index in [1.807, 2.05) is 0 Å². The van der Waals surface area contributed by atoms with Crippen LogP contribution in [0, 0.1) is 11.7 Å². The van der Waals surface area contributed by atoms with E-state index < -0.39 is 26.1 Å². The molecule has 1 unspecified atom stereocenters. The van der Waals surface area contributed by atoms with Gasteiger partial charge in [-0.1, -0.05) is 0 Å². The maximum Gasteiger partial charge on any atom is 0.501 e. The molecular weight excluding hydrogens is 390 g/mol. The molecule has 152 valence electrons. The lowest BCUT2D eigenvalue weighted by Gasteiger charge is -2.35. The van der Waals surface area contributed by atoms with Crippen molar-refractivity contribution in [3.63, 3.8) is 0 Å². The summed E-state index contributed by atoms with van der Waals surface area (Å²) in [6, 6.07) is 2.49. The molecule has 2 saturated heterocycles. The van der Waals surface area contributed by atoms with Crippen LogP contribution in [-0.4, -0.2) is 52.9 Å². The van der Waals surface area contributed by atoms with Crippen LogP contribution in [0.25, 0.3) is 0 Å². The first-order valence-corrected chi connectivity index (χ1v) is 10.2. The zero-order valence-corrected chi connectivity index (χ0v) is 15.4. The van der Waals surface area contributed by atoms with E-state index in [0.29, 0.717) is 51.1 Å². The number of hydrogen-bond donors (Lipinski definition) is 0. The summed E-state index contributed by atoms with van der Waals surface area (Å²) >= 11 is 0. The van der Waals surface area contributed by atoms with E-state index in [9.17, 15) is 26.0 Å². The molecular formula is C17H21F4NO4S. The number of hydrogen-bond acceptors (Lipinski definition) is 5. The molecule has 5 nitrogen and oxygen atoms in total. The van der Waals surface area contributed by atoms with Gasteiger partial charge in [0.1, 0.15) is 10.7 Å². The van der Waals surface area contributed by atoms with Gasteiger partial charge in [0.25, 0.3) is 9.84 Å². The van der Waals surface area contributed by atoms with Crippen LogP contribution in [0.3, 0.4) is 0 Å². The van der Waals surface area contributed by atoms with E-state index in [-0.39, 0.29) is 11.8 Å². The highest BCUT2D eigenvalue weighted by Crippen LogP contribution is 2.37. The Labute approximate surface area is 155 Å². The molecule has 0 saturated carbocycles. The van der Waals surface area contributed by atoms with Gasteiger partial charge in [-0.25, -0.2) is 12.8 Å². The zero-order valence-electron chi connectivity index (χ0n) is 14.5. The van der Waals surface area contributed by atoms with E-state index in [1.165, 1.54) is 4.90 Å². The monoisotopic (exact) mass is 411 g/mol. The molecule has 1 aromatic rings. The Bertz CT molecular complexity index is 755. The molecule has 0 N–H and O–H groups in total. The average Bonchev–Trinajstić information content (AvgIpc) is 3.13. The first-order valence-electron chi connectivity index (χ1n) is 8.73. The van der Waals surface area contributed by atoms with Crippen molar-refractivity contribution in [1.82, 2.24) is 0 Å². The third-order valence-electron chi connectivity index (χ3n) is 4.89. The van der Waals surface area contributed by atoms with Crippen molar-refractivity contribution < 1.29 is 35.5 Å². The van der Waals surface area contributed by atoms with E-state index in [0.717, 1.165) is 25.2 Å². The van der Waals surface area contributed by atoms with Crippen LogP contribution in [0.15, 0.2) is 23.1 Å². The average molecular weight is 411 g/mol. The van der Waals surface area contributed by atoms with Gasteiger partial charge in [-0.15, -0.1) is 0 Å². The standard InChI is InChI=1S/C17H21F4NO4S/c18-13-1-2-15(16(9-13)27(23,24)17(19,20)21)22-6-3-14(4-7-22)26-11-12-5-8-25-10-12/h1-2,9,12,14H,3-8,10-11H2. The summed E-state index contributed by atoms with van der Waals surface area (Å²) in [6.45, 7) is 2.64. The normalized spacial score (nSPS) is 22.4. The molecule has 0 radical (unpaired) electrons. The molecule has 2 heterocycles. The van der Waals surface area contributed by atoms with Crippen molar-refractivity contribution in [2.45, 2.75) is 35.8 Å². The molecule has 27 heavy (non-hydrogen) atoms. The molecule has 10 heteroatoms. The quantitative estimate of drug-likeness (QED) is 0.697. The van der Waals surface area contributed by atoms with Gasteiger partial charge in [-0.2, -0.15) is 13.2 Å². The van der Waals surface area contributed by atoms with Crippen LogP contribution < -0.4 is 4.90 Å². The molecule has 2 fully saturated rings. The molecule has 0 aliphatic carbocycles. The second-order valence-corrected chi connectivity index (χ2v) is 8.72. The Morgan fingerprint density at radius 2 is 1.89 bits per heavy atom. The lowest BCUT2D eigenvalue weighted by molar-refractivity contribution is -0.0436. The van der Waals surface area contributed by atoms with Crippen molar-refractivity contribution in [1.29, 1.82) is 0 Å². The summed E-state index contributed by atoms with van der Waals surface area (Å²) in [5.74, 6) is -0.665. The lowest BCUT2D eigenvalue weighted by Crippen LogP contribution is -2.39. The Morgan fingerprint density at radius 3 is 2.48 bits per heavy atom. The van der Waals surface area contributed by atoms with E-state index >= 15 is 0 Å². The van der Waals surface area contributed by atoms with Crippen LogP contribution >= 0.6 is 0 Å². The molecule has 1 atom stereocenters. The molecule has 2 aliphatic rings. The number of nitrogens with zero attached hydrogens (tertiary/aromatic N) is 1. The largest absolute Gasteiger partial charge is 0.501 e. The number of alkyl halides is 3. The lowest BCUT2D eigenvalue weighted by atomic mass is 10.1. The highest BCUT2D eigenvalue weighted by molar-refractivity contribution is 7.92. The molecule has 0 spiro atoms. The van der Waals surface area contributed by atoms with Gasteiger partial charge in [-0.3, -0.25) is 0 Å². The fourth-order valence-electron chi connectivity index (χ4n) is 3.34. The van der Waals surface area contributed by atoms with E-state index in [1.54, 1.807) is 0 Å². The van der Waals surface area contributed by atoms with Crippen LogP contribution in [-0.2, 0) is 19.3 Å². The summed E-state index contributed by atoms with van der Waals surface area (Å²) in [6.07, 6.45) is 2.02. The second-order valence-electron chi connectivity index (χ2n) is 6.81. The minimum atomic E-state index is -5.64. The highest BCUT2D eigenvalue weighted by atomic mass is 32.2. The highest BCUT2D eigenvalue weighted by Gasteiger charge is 2.48. The SMILES string of the molecule is O=S(=O)(c1cc(F)ccc1N1CCC(OCC2CCOC2)CC1)C(F)(F)F. The second kappa shape index (κ2) is 7.92. The predicted molar refractivity (Wildman–Crippen MR) is 89.8 cm³/mol. The van der Waals surface area contributed by atoms with Crippen LogP contribution in [0.4, 0.5) is 23.2 Å². The van der Waals surface area contributed by atoms with Crippen molar-refractivity contribution >= 4 is 15.5 Å². The summed E-state index contributed by atoms with van der Waals surface area (Å²) in [4.78, 5) is 0.494. The van der Waals surface area contributed by atoms with Gasteiger partial charge in [0, 0.05) is 25.6 Å². The first kappa shape index (κ1) is 20.3. The number of anilines is 1. The van der Waals surface area contributed by atoms with Crippen molar-refractivity contribution in [2.75, 3.05) is 37.8 Å². The van der Waals surface area contributed by atoms with Crippen molar-refractivity contribution in [2.24, 2.45) is 5.92 Å². The molecule has 1 aromatic carbocycles. The minimum Gasteiger partial charge on any atom is -0.381 e. The molecule has 0 amide bonds. The summed E-state index contributed by atoms with van der Waals surface area (Å²) in [5.41, 5.74) is -5.61. The topological polar surface area (TPSA) is 55.8 Å². The van der Waals surface area contributed by atoms with Gasteiger partial charge in [0.15, 0.2) is 0 Å². The molecule has 3 rings (SSSR count). The molecule has 0 aromatic heterocycles. The number of benzene rings is 1. The smallest absolute Gasteiger partial charge is 0.381 e. The predicted octanol–water partition coefficient (Wildman–Crippen LogP) is 3.14. The Kier molecular flexibility index (Phi) is 5.97.